The fraction of sp³-hybridized carbons (Fsp3) is 1.00. The van der Waals surface area contributed by atoms with Crippen molar-refractivity contribution in [2.45, 2.75) is 109 Å². The van der Waals surface area contributed by atoms with Crippen LogP contribution in [0.3, 0.4) is 0 Å². The van der Waals surface area contributed by atoms with Crippen LogP contribution in [0.15, 0.2) is 0 Å². The summed E-state index contributed by atoms with van der Waals surface area (Å²) in [4.78, 5) is 0. The summed E-state index contributed by atoms with van der Waals surface area (Å²) in [6, 6.07) is 0. The Bertz CT molecular complexity index is 238. The maximum absolute atomic E-state index is 11.4. The largest absolute Gasteiger partial charge is 0.633 e. The molecule has 0 aromatic carbocycles. The number of aliphatic hydroxyl groups is 1. The number of likely N-dealkylation sites (N-methyl/N-ethyl adjacent to an activating group) is 1. The van der Waals surface area contributed by atoms with Gasteiger partial charge in [-0.1, -0.05) is 96.8 Å². The zero-order valence-corrected chi connectivity index (χ0v) is 16.2. The molecular weight excluding hydrogens is 286 g/mol. The van der Waals surface area contributed by atoms with Crippen molar-refractivity contribution >= 4 is 0 Å². The second-order valence-corrected chi connectivity index (χ2v) is 7.80. The lowest BCUT2D eigenvalue weighted by atomic mass is 10.0. The van der Waals surface area contributed by atoms with Gasteiger partial charge in [-0.2, -0.15) is 0 Å². The Morgan fingerprint density at radius 1 is 0.696 bits per heavy atom. The van der Waals surface area contributed by atoms with Gasteiger partial charge in [0.1, 0.15) is 12.6 Å². The summed E-state index contributed by atoms with van der Waals surface area (Å²) in [5.74, 6) is 0. The quantitative estimate of drug-likeness (QED) is 0.208. The van der Waals surface area contributed by atoms with Crippen LogP contribution in [0.4, 0.5) is 0 Å². The van der Waals surface area contributed by atoms with Gasteiger partial charge in [0.2, 0.25) is 0 Å². The number of nitrogens with zero attached hydrogens (tertiary/aromatic N) is 1. The van der Waals surface area contributed by atoms with Gasteiger partial charge in [-0.05, 0) is 6.42 Å². The highest BCUT2D eigenvalue weighted by Crippen LogP contribution is 2.14. The van der Waals surface area contributed by atoms with Crippen molar-refractivity contribution < 1.29 is 9.75 Å². The molecule has 0 radical (unpaired) electrons. The van der Waals surface area contributed by atoms with Gasteiger partial charge >= 0.3 is 0 Å². The summed E-state index contributed by atoms with van der Waals surface area (Å²) in [6.45, 7) is 2.59. The molecule has 0 amide bonds. The highest BCUT2D eigenvalue weighted by Gasteiger charge is 2.11. The molecule has 0 aliphatic rings. The van der Waals surface area contributed by atoms with E-state index in [4.69, 9.17) is 0 Å². The van der Waals surface area contributed by atoms with Crippen LogP contribution in [0.25, 0.3) is 0 Å². The highest BCUT2D eigenvalue weighted by molar-refractivity contribution is 4.56. The Hall–Kier alpha value is -0.120. The van der Waals surface area contributed by atoms with Crippen LogP contribution in [0.5, 0.6) is 0 Å². The zero-order chi connectivity index (χ0) is 17.4. The molecule has 0 rings (SSSR count). The van der Waals surface area contributed by atoms with E-state index in [2.05, 4.69) is 6.92 Å². The molecule has 0 heterocycles. The van der Waals surface area contributed by atoms with Gasteiger partial charge in [-0.15, -0.1) is 0 Å². The van der Waals surface area contributed by atoms with E-state index in [1.54, 1.807) is 14.1 Å². The van der Waals surface area contributed by atoms with Gasteiger partial charge in [0.25, 0.3) is 0 Å². The molecule has 0 spiro atoms. The number of unbranched alkanes of at least 4 members (excludes halogenated alkanes) is 13. The van der Waals surface area contributed by atoms with E-state index in [0.717, 1.165) is 12.8 Å². The van der Waals surface area contributed by atoms with Gasteiger partial charge in [-0.3, -0.25) is 0 Å². The first kappa shape index (κ1) is 22.9. The van der Waals surface area contributed by atoms with E-state index in [9.17, 15) is 10.3 Å². The molecule has 0 aromatic heterocycles. The van der Waals surface area contributed by atoms with E-state index in [-0.39, 0.29) is 4.65 Å². The molecule has 1 atom stereocenters. The summed E-state index contributed by atoms with van der Waals surface area (Å²) in [6.07, 6.45) is 19.2. The number of aliphatic hydroxyl groups excluding tert-OH is 1. The molecule has 0 saturated carbocycles. The lowest BCUT2D eigenvalue weighted by Crippen LogP contribution is -2.39. The first-order valence-corrected chi connectivity index (χ1v) is 10.2. The lowest BCUT2D eigenvalue weighted by Gasteiger charge is -2.35. The van der Waals surface area contributed by atoms with Crippen LogP contribution >= 0.6 is 0 Å². The molecule has 0 aromatic rings. The number of hydrogen-bond acceptors (Lipinski definition) is 2. The highest BCUT2D eigenvalue weighted by atomic mass is 16.5. The third kappa shape index (κ3) is 19.8. The number of hydroxylamine groups is 3. The maximum atomic E-state index is 11.4. The molecule has 3 nitrogen and oxygen atoms in total. The summed E-state index contributed by atoms with van der Waals surface area (Å²) in [5.41, 5.74) is 0. The number of quaternary nitrogens is 1. The molecule has 0 aliphatic heterocycles. The standard InChI is InChI=1S/C20H43NO2/c1-4-5-6-7-8-9-10-11-12-13-14-15-16-17-18-20(22)19-21(2,3)23/h20,22H,4-19H2,1-3H3. The van der Waals surface area contributed by atoms with Crippen molar-refractivity contribution in [3.63, 3.8) is 0 Å². The molecule has 0 aliphatic carbocycles. The van der Waals surface area contributed by atoms with Crippen molar-refractivity contribution in [1.29, 1.82) is 0 Å². The molecule has 23 heavy (non-hydrogen) atoms. The van der Waals surface area contributed by atoms with Crippen molar-refractivity contribution in [2.24, 2.45) is 0 Å². The normalized spacial score (nSPS) is 13.4. The summed E-state index contributed by atoms with van der Waals surface area (Å²) in [7, 11) is 3.18. The van der Waals surface area contributed by atoms with Gasteiger partial charge < -0.3 is 15.0 Å². The van der Waals surface area contributed by atoms with Crippen LogP contribution < -0.4 is 0 Å². The van der Waals surface area contributed by atoms with E-state index in [1.807, 2.05) is 0 Å². The Labute approximate surface area is 145 Å². The fourth-order valence-corrected chi connectivity index (χ4v) is 3.17. The van der Waals surface area contributed by atoms with E-state index in [1.165, 1.54) is 83.5 Å². The molecule has 0 bridgehead atoms. The summed E-state index contributed by atoms with van der Waals surface area (Å²) >= 11 is 0. The average Bonchev–Trinajstić information content (AvgIpc) is 2.46. The van der Waals surface area contributed by atoms with Crippen LogP contribution in [0.2, 0.25) is 0 Å². The van der Waals surface area contributed by atoms with E-state index in [0.29, 0.717) is 6.54 Å². The minimum Gasteiger partial charge on any atom is -0.633 e. The maximum Gasteiger partial charge on any atom is 0.104 e. The number of hydrogen-bond donors (Lipinski definition) is 1. The molecule has 1 unspecified atom stereocenters. The van der Waals surface area contributed by atoms with E-state index < -0.39 is 6.10 Å². The molecule has 140 valence electrons. The van der Waals surface area contributed by atoms with Gasteiger partial charge in [0, 0.05) is 0 Å². The number of rotatable bonds is 17. The predicted molar refractivity (Wildman–Crippen MR) is 101 cm³/mol. The van der Waals surface area contributed by atoms with Crippen molar-refractivity contribution in [2.75, 3.05) is 20.6 Å². The second kappa shape index (κ2) is 15.4. The topological polar surface area (TPSA) is 43.3 Å². The first-order chi connectivity index (χ1) is 11.0. The summed E-state index contributed by atoms with van der Waals surface area (Å²) < 4.78 is -0.389. The molecule has 3 heteroatoms. The van der Waals surface area contributed by atoms with Crippen LogP contribution in [0.1, 0.15) is 103 Å². The fourth-order valence-electron chi connectivity index (χ4n) is 3.17. The summed E-state index contributed by atoms with van der Waals surface area (Å²) in [5, 5.41) is 21.2. The molecule has 0 saturated heterocycles. The van der Waals surface area contributed by atoms with Gasteiger partial charge in [-0.25, -0.2) is 0 Å². The van der Waals surface area contributed by atoms with Crippen LogP contribution in [0, 0.1) is 5.21 Å². The van der Waals surface area contributed by atoms with Crippen molar-refractivity contribution in [3.05, 3.63) is 5.21 Å². The molecule has 1 N–H and O–H groups in total. The van der Waals surface area contributed by atoms with Crippen molar-refractivity contribution in [1.82, 2.24) is 0 Å². The van der Waals surface area contributed by atoms with Gasteiger partial charge in [0.15, 0.2) is 0 Å². The smallest absolute Gasteiger partial charge is 0.104 e. The Balaban J connectivity index is 3.13. The average molecular weight is 330 g/mol. The lowest BCUT2D eigenvalue weighted by molar-refractivity contribution is -0.843. The molecular formula is C20H43NO2. The molecule has 0 fully saturated rings. The first-order valence-electron chi connectivity index (χ1n) is 10.2. The predicted octanol–water partition coefficient (Wildman–Crippen LogP) is 5.79. The second-order valence-electron chi connectivity index (χ2n) is 7.80. The monoisotopic (exact) mass is 329 g/mol. The third-order valence-corrected chi connectivity index (χ3v) is 4.54. The SMILES string of the molecule is CCCCCCCCCCCCCCCCC(O)C[N+](C)(C)[O-]. The van der Waals surface area contributed by atoms with Crippen LogP contribution in [-0.4, -0.2) is 36.5 Å². The van der Waals surface area contributed by atoms with E-state index >= 15 is 0 Å². The minimum atomic E-state index is -0.431. The zero-order valence-electron chi connectivity index (χ0n) is 16.2. The minimum absolute atomic E-state index is 0.318. The Morgan fingerprint density at radius 3 is 1.39 bits per heavy atom. The third-order valence-electron chi connectivity index (χ3n) is 4.54. The Morgan fingerprint density at radius 2 is 1.04 bits per heavy atom. The Kier molecular flexibility index (Phi) is 15.3. The van der Waals surface area contributed by atoms with Gasteiger partial charge in [0.05, 0.1) is 14.1 Å². The van der Waals surface area contributed by atoms with Crippen molar-refractivity contribution in [3.8, 4) is 0 Å². The van der Waals surface area contributed by atoms with Crippen LogP contribution in [-0.2, 0) is 0 Å².